The van der Waals surface area contributed by atoms with Gasteiger partial charge >= 0.3 is 0 Å². The van der Waals surface area contributed by atoms with E-state index in [4.69, 9.17) is 5.73 Å². The van der Waals surface area contributed by atoms with E-state index < -0.39 is 0 Å². The first-order valence-electron chi connectivity index (χ1n) is 4.70. The van der Waals surface area contributed by atoms with Gasteiger partial charge in [0, 0.05) is 12.4 Å². The lowest BCUT2D eigenvalue weighted by atomic mass is 10.3. The van der Waals surface area contributed by atoms with E-state index in [-0.39, 0.29) is 0 Å². The van der Waals surface area contributed by atoms with E-state index in [1.54, 1.807) is 0 Å². The Labute approximate surface area is 82.9 Å². The topological polar surface area (TPSA) is 43.3 Å². The van der Waals surface area contributed by atoms with Gasteiger partial charge in [0.1, 0.15) is 5.65 Å². The van der Waals surface area contributed by atoms with Crippen molar-refractivity contribution >= 4 is 11.7 Å². The Bertz CT molecular complexity index is 409. The number of rotatable bonds is 3. The van der Waals surface area contributed by atoms with Crippen LogP contribution in [0.4, 0.5) is 0 Å². The number of aromatic nitrogens is 2. The summed E-state index contributed by atoms with van der Waals surface area (Å²) in [5, 5.41) is 0. The Morgan fingerprint density at radius 1 is 1.43 bits per heavy atom. The van der Waals surface area contributed by atoms with Crippen LogP contribution < -0.4 is 5.73 Å². The summed E-state index contributed by atoms with van der Waals surface area (Å²) in [7, 11) is 0. The van der Waals surface area contributed by atoms with E-state index in [1.807, 2.05) is 47.1 Å². The molecule has 0 unspecified atom stereocenters. The molecule has 0 aromatic carbocycles. The van der Waals surface area contributed by atoms with E-state index >= 15 is 0 Å². The molecule has 0 saturated carbocycles. The summed E-state index contributed by atoms with van der Waals surface area (Å²) in [4.78, 5) is 4.42. The molecular weight excluding hydrogens is 174 g/mol. The molecule has 0 fully saturated rings. The van der Waals surface area contributed by atoms with Crippen molar-refractivity contribution in [1.82, 2.24) is 9.38 Å². The van der Waals surface area contributed by atoms with Gasteiger partial charge < -0.3 is 10.1 Å². The smallest absolute Gasteiger partial charge is 0.137 e. The molecule has 2 rings (SSSR count). The minimum absolute atomic E-state index is 0.684. The van der Waals surface area contributed by atoms with Crippen molar-refractivity contribution in [3.8, 4) is 0 Å². The van der Waals surface area contributed by atoms with Crippen molar-refractivity contribution in [2.24, 2.45) is 5.73 Å². The van der Waals surface area contributed by atoms with Gasteiger partial charge in [-0.25, -0.2) is 4.98 Å². The maximum atomic E-state index is 5.39. The molecule has 0 atom stereocenters. The van der Waals surface area contributed by atoms with Gasteiger partial charge in [0.05, 0.1) is 5.69 Å². The molecule has 0 amide bonds. The molecular formula is C11H13N3. The molecule has 3 heteroatoms. The van der Waals surface area contributed by atoms with Gasteiger partial charge in [-0.05, 0) is 31.2 Å². The Morgan fingerprint density at radius 2 is 2.36 bits per heavy atom. The zero-order valence-corrected chi connectivity index (χ0v) is 7.93. The average Bonchev–Trinajstić information content (AvgIpc) is 2.60. The monoisotopic (exact) mass is 187 g/mol. The lowest BCUT2D eigenvalue weighted by Gasteiger charge is -1.86. The highest BCUT2D eigenvalue weighted by Gasteiger charge is 1.95. The van der Waals surface area contributed by atoms with Gasteiger partial charge in [0.15, 0.2) is 0 Å². The largest absolute Gasteiger partial charge is 0.330 e. The van der Waals surface area contributed by atoms with Crippen molar-refractivity contribution in [1.29, 1.82) is 0 Å². The molecule has 0 aliphatic rings. The molecule has 2 N–H and O–H groups in total. The fraction of sp³-hybridized carbons (Fsp3) is 0.182. The van der Waals surface area contributed by atoms with Crippen LogP contribution >= 0.6 is 0 Å². The molecule has 0 aliphatic heterocycles. The highest BCUT2D eigenvalue weighted by molar-refractivity contribution is 5.50. The maximum Gasteiger partial charge on any atom is 0.137 e. The van der Waals surface area contributed by atoms with Gasteiger partial charge in [-0.3, -0.25) is 0 Å². The molecule has 0 bridgehead atoms. The maximum absolute atomic E-state index is 5.39. The van der Waals surface area contributed by atoms with Crippen LogP contribution in [0.5, 0.6) is 0 Å². The minimum Gasteiger partial charge on any atom is -0.330 e. The Hall–Kier alpha value is -1.61. The molecule has 0 saturated heterocycles. The summed E-state index contributed by atoms with van der Waals surface area (Å²) >= 11 is 0. The average molecular weight is 187 g/mol. The van der Waals surface area contributed by atoms with Crippen LogP contribution in [-0.2, 0) is 0 Å². The molecule has 0 aliphatic carbocycles. The molecule has 0 spiro atoms. The van der Waals surface area contributed by atoms with Gasteiger partial charge in [-0.1, -0.05) is 12.1 Å². The van der Waals surface area contributed by atoms with Crippen LogP contribution in [0.15, 0.2) is 36.7 Å². The van der Waals surface area contributed by atoms with E-state index in [0.717, 1.165) is 17.8 Å². The highest BCUT2D eigenvalue weighted by atomic mass is 15.0. The van der Waals surface area contributed by atoms with Crippen LogP contribution in [0.3, 0.4) is 0 Å². The second-order valence-corrected chi connectivity index (χ2v) is 3.11. The van der Waals surface area contributed by atoms with Crippen molar-refractivity contribution in [2.75, 3.05) is 6.54 Å². The van der Waals surface area contributed by atoms with E-state index in [1.165, 1.54) is 0 Å². The lowest BCUT2D eigenvalue weighted by molar-refractivity contribution is 1.01. The van der Waals surface area contributed by atoms with Gasteiger partial charge in [-0.2, -0.15) is 0 Å². The van der Waals surface area contributed by atoms with Gasteiger partial charge in [0.25, 0.3) is 0 Å². The second-order valence-electron chi connectivity index (χ2n) is 3.11. The number of hydrogen-bond donors (Lipinski definition) is 1. The molecule has 0 radical (unpaired) electrons. The molecule has 72 valence electrons. The zero-order valence-electron chi connectivity index (χ0n) is 7.93. The zero-order chi connectivity index (χ0) is 9.80. The Morgan fingerprint density at radius 3 is 3.14 bits per heavy atom. The summed E-state index contributed by atoms with van der Waals surface area (Å²) in [5.74, 6) is 0. The number of pyridine rings is 1. The third kappa shape index (κ3) is 1.83. The van der Waals surface area contributed by atoms with Crippen LogP contribution in [0, 0.1) is 0 Å². The van der Waals surface area contributed by atoms with Crippen molar-refractivity contribution in [2.45, 2.75) is 6.42 Å². The first-order chi connectivity index (χ1) is 6.90. The quantitative estimate of drug-likeness (QED) is 0.794. The number of fused-ring (bicyclic) bond motifs is 1. The normalized spacial score (nSPS) is 11.5. The highest BCUT2D eigenvalue weighted by Crippen LogP contribution is 2.05. The standard InChI is InChI=1S/C11H13N3/c12-7-3-1-5-10-9-14-8-4-2-6-11(14)13-10/h1-2,4-6,8-9H,3,7,12H2. The molecule has 2 aromatic rings. The van der Waals surface area contributed by atoms with Crippen LogP contribution in [-0.4, -0.2) is 15.9 Å². The number of hydrogen-bond acceptors (Lipinski definition) is 2. The molecule has 2 heterocycles. The molecule has 2 aromatic heterocycles. The van der Waals surface area contributed by atoms with Crippen LogP contribution in [0.25, 0.3) is 11.7 Å². The number of imidazole rings is 1. The Balaban J connectivity index is 2.27. The number of nitrogens with zero attached hydrogens (tertiary/aromatic N) is 2. The van der Waals surface area contributed by atoms with Gasteiger partial charge in [0.2, 0.25) is 0 Å². The molecule has 3 nitrogen and oxygen atoms in total. The minimum atomic E-state index is 0.684. The number of nitrogens with two attached hydrogens (primary N) is 1. The van der Waals surface area contributed by atoms with E-state index in [9.17, 15) is 0 Å². The first kappa shape index (κ1) is 8.97. The van der Waals surface area contributed by atoms with Crippen molar-refractivity contribution in [3.63, 3.8) is 0 Å². The second kappa shape index (κ2) is 4.07. The fourth-order valence-corrected chi connectivity index (χ4v) is 1.33. The van der Waals surface area contributed by atoms with Crippen LogP contribution in [0.2, 0.25) is 0 Å². The van der Waals surface area contributed by atoms with Crippen LogP contribution in [0.1, 0.15) is 12.1 Å². The van der Waals surface area contributed by atoms with E-state index in [2.05, 4.69) is 4.98 Å². The lowest BCUT2D eigenvalue weighted by Crippen LogP contribution is -1.94. The third-order valence-corrected chi connectivity index (χ3v) is 2.00. The van der Waals surface area contributed by atoms with Crippen molar-refractivity contribution in [3.05, 3.63) is 42.4 Å². The SMILES string of the molecule is NCCC=Cc1cn2ccccc2n1. The van der Waals surface area contributed by atoms with Crippen molar-refractivity contribution < 1.29 is 0 Å². The summed E-state index contributed by atoms with van der Waals surface area (Å²) in [6.07, 6.45) is 8.93. The first-order valence-corrected chi connectivity index (χ1v) is 4.70. The summed E-state index contributed by atoms with van der Waals surface area (Å²) in [6, 6.07) is 5.96. The summed E-state index contributed by atoms with van der Waals surface area (Å²) in [6.45, 7) is 0.684. The van der Waals surface area contributed by atoms with E-state index in [0.29, 0.717) is 6.54 Å². The fourth-order valence-electron chi connectivity index (χ4n) is 1.33. The predicted octanol–water partition coefficient (Wildman–Crippen LogP) is 1.70. The Kier molecular flexibility index (Phi) is 2.60. The summed E-state index contributed by atoms with van der Waals surface area (Å²) < 4.78 is 2.00. The van der Waals surface area contributed by atoms with Gasteiger partial charge in [-0.15, -0.1) is 0 Å². The molecule has 14 heavy (non-hydrogen) atoms. The third-order valence-electron chi connectivity index (χ3n) is 2.00. The predicted molar refractivity (Wildman–Crippen MR) is 57.9 cm³/mol. The summed E-state index contributed by atoms with van der Waals surface area (Å²) in [5.41, 5.74) is 7.34.